The first-order valence-corrected chi connectivity index (χ1v) is 13.6. The van der Waals surface area contributed by atoms with E-state index < -0.39 is 5.54 Å². The standard InChI is InChI=1S/C34H26ClNO.CH4O/c35-24-13-15-25(16-14-24)37-33-20-31-26-18-19-34(36,32-11-5-7-22-6-1-2-8-27(22)32)21-23(26)12-17-29(31)28-9-3-4-10-30(28)33;1-2/h1-17,20H,18-19,21,36H2;2H,1H3. The fraction of sp³-hybridized carbons (Fsp3) is 0.143. The van der Waals surface area contributed by atoms with Gasteiger partial charge in [-0.05, 0) is 93.2 Å². The first kappa shape index (κ1) is 25.4. The molecule has 1 aliphatic rings. The van der Waals surface area contributed by atoms with Crippen LogP contribution in [0.25, 0.3) is 32.3 Å². The van der Waals surface area contributed by atoms with E-state index in [9.17, 15) is 0 Å². The Morgan fingerprint density at radius 2 is 1.38 bits per heavy atom. The second kappa shape index (κ2) is 10.3. The summed E-state index contributed by atoms with van der Waals surface area (Å²) in [5.74, 6) is 1.63. The Morgan fingerprint density at radius 1 is 0.718 bits per heavy atom. The van der Waals surface area contributed by atoms with Crippen LogP contribution in [0.5, 0.6) is 11.5 Å². The second-order valence-electron chi connectivity index (χ2n) is 10.1. The van der Waals surface area contributed by atoms with E-state index in [1.807, 2.05) is 24.3 Å². The number of ether oxygens (including phenoxy) is 1. The molecule has 39 heavy (non-hydrogen) atoms. The largest absolute Gasteiger partial charge is 0.457 e. The average Bonchev–Trinajstić information content (AvgIpc) is 2.99. The van der Waals surface area contributed by atoms with Gasteiger partial charge in [0.15, 0.2) is 0 Å². The van der Waals surface area contributed by atoms with Crippen LogP contribution < -0.4 is 10.5 Å². The van der Waals surface area contributed by atoms with Crippen molar-refractivity contribution >= 4 is 43.9 Å². The number of halogens is 1. The van der Waals surface area contributed by atoms with Crippen molar-refractivity contribution in [3.05, 3.63) is 131 Å². The Kier molecular flexibility index (Phi) is 6.74. The van der Waals surface area contributed by atoms with Crippen molar-refractivity contribution in [2.24, 2.45) is 5.73 Å². The van der Waals surface area contributed by atoms with Gasteiger partial charge >= 0.3 is 0 Å². The average molecular weight is 532 g/mol. The minimum atomic E-state index is -0.402. The molecular formula is C35H30ClNO2. The summed E-state index contributed by atoms with van der Waals surface area (Å²) in [4.78, 5) is 0. The minimum absolute atomic E-state index is 0.402. The number of hydrogen-bond donors (Lipinski definition) is 2. The molecule has 1 aliphatic carbocycles. The van der Waals surface area contributed by atoms with Gasteiger partial charge in [-0.15, -0.1) is 0 Å². The van der Waals surface area contributed by atoms with Gasteiger partial charge in [0.1, 0.15) is 11.5 Å². The van der Waals surface area contributed by atoms with E-state index in [1.54, 1.807) is 0 Å². The van der Waals surface area contributed by atoms with E-state index in [0.717, 1.165) is 43.3 Å². The molecule has 7 rings (SSSR count). The van der Waals surface area contributed by atoms with Gasteiger partial charge in [-0.25, -0.2) is 0 Å². The van der Waals surface area contributed by atoms with E-state index in [4.69, 9.17) is 27.2 Å². The van der Waals surface area contributed by atoms with Crippen LogP contribution in [0.1, 0.15) is 23.1 Å². The van der Waals surface area contributed by atoms with Crippen LogP contribution in [-0.2, 0) is 18.4 Å². The van der Waals surface area contributed by atoms with Crippen LogP contribution >= 0.6 is 11.6 Å². The Balaban J connectivity index is 0.00000135. The summed E-state index contributed by atoms with van der Waals surface area (Å²) in [6.07, 6.45) is 2.63. The van der Waals surface area contributed by atoms with Gasteiger partial charge in [0.05, 0.1) is 0 Å². The summed E-state index contributed by atoms with van der Waals surface area (Å²) >= 11 is 6.10. The van der Waals surface area contributed by atoms with Gasteiger partial charge < -0.3 is 15.6 Å². The molecule has 3 nitrogen and oxygen atoms in total. The van der Waals surface area contributed by atoms with Crippen molar-refractivity contribution < 1.29 is 9.84 Å². The van der Waals surface area contributed by atoms with Gasteiger partial charge in [0.25, 0.3) is 0 Å². The van der Waals surface area contributed by atoms with Crippen LogP contribution in [0.3, 0.4) is 0 Å². The predicted molar refractivity (Wildman–Crippen MR) is 163 cm³/mol. The number of fused-ring (bicyclic) bond motifs is 6. The quantitative estimate of drug-likeness (QED) is 0.225. The molecule has 4 heteroatoms. The summed E-state index contributed by atoms with van der Waals surface area (Å²) in [5.41, 5.74) is 10.7. The lowest BCUT2D eigenvalue weighted by Gasteiger charge is -2.37. The summed E-state index contributed by atoms with van der Waals surface area (Å²) in [6.45, 7) is 0. The zero-order valence-electron chi connectivity index (χ0n) is 21.8. The highest BCUT2D eigenvalue weighted by Crippen LogP contribution is 2.43. The first-order valence-electron chi connectivity index (χ1n) is 13.2. The van der Waals surface area contributed by atoms with Crippen LogP contribution in [0, 0.1) is 0 Å². The van der Waals surface area contributed by atoms with Crippen molar-refractivity contribution in [1.29, 1.82) is 0 Å². The lowest BCUT2D eigenvalue weighted by molar-refractivity contribution is 0.389. The highest BCUT2D eigenvalue weighted by molar-refractivity contribution is 6.30. The molecule has 194 valence electrons. The smallest absolute Gasteiger partial charge is 0.135 e. The molecule has 0 amide bonds. The lowest BCUT2D eigenvalue weighted by atomic mass is 9.72. The maximum atomic E-state index is 7.20. The molecule has 6 aromatic carbocycles. The van der Waals surface area contributed by atoms with E-state index >= 15 is 0 Å². The van der Waals surface area contributed by atoms with Gasteiger partial charge in [-0.2, -0.15) is 0 Å². The Bertz CT molecular complexity index is 1810. The number of aliphatic hydroxyl groups is 1. The van der Waals surface area contributed by atoms with Crippen LogP contribution in [-0.4, -0.2) is 12.2 Å². The third-order valence-electron chi connectivity index (χ3n) is 7.91. The zero-order chi connectivity index (χ0) is 27.0. The van der Waals surface area contributed by atoms with Gasteiger partial charge in [0.2, 0.25) is 0 Å². The van der Waals surface area contributed by atoms with Crippen LogP contribution in [0.4, 0.5) is 0 Å². The maximum absolute atomic E-state index is 7.20. The third-order valence-corrected chi connectivity index (χ3v) is 8.16. The number of nitrogens with two attached hydrogens (primary N) is 1. The van der Waals surface area contributed by atoms with Crippen LogP contribution in [0.15, 0.2) is 109 Å². The molecule has 0 radical (unpaired) electrons. The Morgan fingerprint density at radius 3 is 2.18 bits per heavy atom. The molecule has 1 atom stereocenters. The first-order chi connectivity index (χ1) is 19.1. The molecule has 0 heterocycles. The molecule has 6 aromatic rings. The number of aryl methyl sites for hydroxylation is 1. The minimum Gasteiger partial charge on any atom is -0.457 e. The van der Waals surface area contributed by atoms with Crippen molar-refractivity contribution in [2.45, 2.75) is 24.8 Å². The molecule has 0 saturated heterocycles. The van der Waals surface area contributed by atoms with E-state index in [1.165, 1.54) is 43.6 Å². The monoisotopic (exact) mass is 531 g/mol. The SMILES string of the molecule is CO.NC1(c2cccc3ccccc23)CCc2c(ccc3c2cc(Oc2ccc(Cl)cc2)c2ccccc23)C1. The second-order valence-corrected chi connectivity index (χ2v) is 10.6. The molecule has 0 fully saturated rings. The van der Waals surface area contributed by atoms with Gasteiger partial charge in [0, 0.05) is 23.1 Å². The highest BCUT2D eigenvalue weighted by atomic mass is 35.5. The molecular weight excluding hydrogens is 502 g/mol. The molecule has 3 N–H and O–H groups in total. The van der Waals surface area contributed by atoms with E-state index in [0.29, 0.717) is 5.02 Å². The highest BCUT2D eigenvalue weighted by Gasteiger charge is 2.34. The fourth-order valence-corrected chi connectivity index (χ4v) is 6.22. The lowest BCUT2D eigenvalue weighted by Crippen LogP contribution is -2.42. The molecule has 0 spiro atoms. The Hall–Kier alpha value is -3.89. The molecule has 0 saturated carbocycles. The van der Waals surface area contributed by atoms with Crippen molar-refractivity contribution in [3.8, 4) is 11.5 Å². The van der Waals surface area contributed by atoms with Gasteiger partial charge in [-0.3, -0.25) is 0 Å². The van der Waals surface area contributed by atoms with Crippen molar-refractivity contribution in [2.75, 3.05) is 7.11 Å². The summed E-state index contributed by atoms with van der Waals surface area (Å²) in [5, 5.41) is 15.0. The number of benzene rings is 6. The zero-order valence-corrected chi connectivity index (χ0v) is 22.6. The fourth-order valence-electron chi connectivity index (χ4n) is 6.09. The van der Waals surface area contributed by atoms with Crippen molar-refractivity contribution in [1.82, 2.24) is 0 Å². The predicted octanol–water partition coefficient (Wildman–Crippen LogP) is 8.54. The maximum Gasteiger partial charge on any atom is 0.135 e. The summed E-state index contributed by atoms with van der Waals surface area (Å²) in [7, 11) is 1.00. The number of hydrogen-bond acceptors (Lipinski definition) is 3. The van der Waals surface area contributed by atoms with Crippen molar-refractivity contribution in [3.63, 3.8) is 0 Å². The Labute approximate surface area is 233 Å². The molecule has 0 aromatic heterocycles. The molecule has 0 aliphatic heterocycles. The normalized spacial score (nSPS) is 16.5. The summed E-state index contributed by atoms with van der Waals surface area (Å²) in [6, 6.07) is 37.8. The topological polar surface area (TPSA) is 55.5 Å². The number of aliphatic hydroxyl groups excluding tert-OH is 1. The molecule has 1 unspecified atom stereocenters. The summed E-state index contributed by atoms with van der Waals surface area (Å²) < 4.78 is 6.42. The molecule has 0 bridgehead atoms. The van der Waals surface area contributed by atoms with Crippen LogP contribution in [0.2, 0.25) is 5.02 Å². The van der Waals surface area contributed by atoms with Gasteiger partial charge in [-0.1, -0.05) is 90.5 Å². The third kappa shape index (κ3) is 4.53. The van der Waals surface area contributed by atoms with E-state index in [-0.39, 0.29) is 0 Å². The number of rotatable bonds is 3. The van der Waals surface area contributed by atoms with E-state index in [2.05, 4.69) is 84.9 Å².